The molecular formula is C36H55BrN2O2S. The zero-order valence-electron chi connectivity index (χ0n) is 26.8. The van der Waals surface area contributed by atoms with Gasteiger partial charge in [-0.25, -0.2) is 0 Å². The molecule has 0 unspecified atom stereocenters. The summed E-state index contributed by atoms with van der Waals surface area (Å²) in [6.45, 7) is 12.5. The molecule has 1 aliphatic heterocycles. The van der Waals surface area contributed by atoms with Crippen LogP contribution in [0.15, 0.2) is 53.6 Å². The van der Waals surface area contributed by atoms with Crippen molar-refractivity contribution in [1.82, 2.24) is 4.90 Å². The molecule has 1 amide bonds. The Morgan fingerprint density at radius 1 is 0.905 bits per heavy atom. The van der Waals surface area contributed by atoms with Crippen molar-refractivity contribution in [2.75, 3.05) is 17.8 Å². The molecule has 42 heavy (non-hydrogen) atoms. The number of carbonyl (C=O) groups excluding carboxylic acids is 1. The molecule has 1 heterocycles. The molecule has 0 saturated carbocycles. The molecule has 0 fully saturated rings. The number of nitrogens with zero attached hydrogens (tertiary/aromatic N) is 1. The Balaban J connectivity index is 0.00000616. The number of hydrogen-bond donors (Lipinski definition) is 1. The van der Waals surface area contributed by atoms with E-state index in [0.717, 1.165) is 53.6 Å². The first-order chi connectivity index (χ1) is 19.8. The molecule has 4 nitrogen and oxygen atoms in total. The zero-order chi connectivity index (χ0) is 29.5. The lowest BCUT2D eigenvalue weighted by atomic mass is 9.86. The van der Waals surface area contributed by atoms with Crippen LogP contribution in [-0.2, 0) is 12.0 Å². The molecular weight excluding hydrogens is 604 g/mol. The van der Waals surface area contributed by atoms with E-state index in [1.54, 1.807) is 0 Å². The van der Waals surface area contributed by atoms with E-state index < -0.39 is 0 Å². The fourth-order valence-corrected chi connectivity index (χ4v) is 6.11. The third-order valence-corrected chi connectivity index (χ3v) is 8.78. The quantitative estimate of drug-likeness (QED) is 0.162. The molecule has 0 atom stereocenters. The van der Waals surface area contributed by atoms with E-state index in [1.165, 1.54) is 75.5 Å². The number of rotatable bonds is 18. The molecule has 2 aromatic carbocycles. The summed E-state index contributed by atoms with van der Waals surface area (Å²) in [7, 11) is 0. The summed E-state index contributed by atoms with van der Waals surface area (Å²) in [6, 6.07) is 14.0. The number of amides is 1. The van der Waals surface area contributed by atoms with Gasteiger partial charge in [0.2, 0.25) is 0 Å². The minimum absolute atomic E-state index is 0. The Morgan fingerprint density at radius 2 is 1.52 bits per heavy atom. The SMILES string of the molecule is Br.CCCCCCCCCCCCCCOc1ccc(NC(=O)c2ccccc2CN2C=C(C)SC2)cc1C(C)(C)C. The highest BCUT2D eigenvalue weighted by Crippen LogP contribution is 2.34. The summed E-state index contributed by atoms with van der Waals surface area (Å²) in [6.07, 6.45) is 18.2. The summed E-state index contributed by atoms with van der Waals surface area (Å²) in [4.78, 5) is 16.9. The van der Waals surface area contributed by atoms with Crippen LogP contribution in [0.5, 0.6) is 5.75 Å². The van der Waals surface area contributed by atoms with Crippen molar-refractivity contribution >= 4 is 40.3 Å². The first kappa shape index (κ1) is 36.3. The van der Waals surface area contributed by atoms with Gasteiger partial charge in [0.15, 0.2) is 0 Å². The number of anilines is 1. The number of carbonyl (C=O) groups is 1. The molecule has 1 aliphatic rings. The molecule has 0 aromatic heterocycles. The van der Waals surface area contributed by atoms with Crippen LogP contribution < -0.4 is 10.1 Å². The molecule has 2 aromatic rings. The third-order valence-electron chi connectivity index (χ3n) is 7.76. The molecule has 0 aliphatic carbocycles. The van der Waals surface area contributed by atoms with Crippen molar-refractivity contribution in [3.8, 4) is 5.75 Å². The standard InChI is InChI=1S/C36H54N2O2S.BrH/c1-6-7-8-9-10-11-12-13-14-15-16-19-24-40-34-23-22-31(25-33(34)36(3,4)5)37-35(39)32-21-18-17-20-30(32)27-38-26-29(2)41-28-38;/h17-18,20-23,25-26H,6-16,19,24,27-28H2,1-5H3,(H,37,39);1H. The normalized spacial score (nSPS) is 13.1. The van der Waals surface area contributed by atoms with Gasteiger partial charge in [-0.2, -0.15) is 0 Å². The van der Waals surface area contributed by atoms with Crippen LogP contribution in [-0.4, -0.2) is 23.3 Å². The van der Waals surface area contributed by atoms with E-state index in [2.05, 4.69) is 57.1 Å². The Morgan fingerprint density at radius 3 is 2.12 bits per heavy atom. The van der Waals surface area contributed by atoms with Crippen molar-refractivity contribution in [1.29, 1.82) is 0 Å². The third kappa shape index (κ3) is 12.8. The van der Waals surface area contributed by atoms with Crippen LogP contribution in [0.4, 0.5) is 5.69 Å². The number of benzene rings is 2. The number of unbranched alkanes of at least 4 members (excludes halogenated alkanes) is 11. The number of allylic oxidation sites excluding steroid dienone is 1. The van der Waals surface area contributed by atoms with Crippen LogP contribution in [0.2, 0.25) is 0 Å². The number of nitrogens with one attached hydrogen (secondary N) is 1. The topological polar surface area (TPSA) is 41.6 Å². The van der Waals surface area contributed by atoms with Crippen molar-refractivity contribution in [3.05, 3.63) is 70.3 Å². The summed E-state index contributed by atoms with van der Waals surface area (Å²) in [5.41, 5.74) is 3.59. The van der Waals surface area contributed by atoms with Gasteiger partial charge in [0.1, 0.15) is 5.75 Å². The second-order valence-corrected chi connectivity index (χ2v) is 13.8. The first-order valence-corrected chi connectivity index (χ1v) is 17.0. The maximum absolute atomic E-state index is 13.3. The van der Waals surface area contributed by atoms with Crippen molar-refractivity contribution in [2.24, 2.45) is 0 Å². The van der Waals surface area contributed by atoms with Gasteiger partial charge in [-0.3, -0.25) is 4.79 Å². The summed E-state index contributed by atoms with van der Waals surface area (Å²) < 4.78 is 6.28. The monoisotopic (exact) mass is 658 g/mol. The zero-order valence-corrected chi connectivity index (χ0v) is 29.3. The Hall–Kier alpha value is -1.92. The molecule has 234 valence electrons. The summed E-state index contributed by atoms with van der Waals surface area (Å²) in [5, 5.41) is 3.16. The molecule has 0 bridgehead atoms. The van der Waals surface area contributed by atoms with Crippen LogP contribution in [0.25, 0.3) is 0 Å². The maximum atomic E-state index is 13.3. The largest absolute Gasteiger partial charge is 0.493 e. The number of halogens is 1. The summed E-state index contributed by atoms with van der Waals surface area (Å²) >= 11 is 1.84. The summed E-state index contributed by atoms with van der Waals surface area (Å²) in [5.74, 6) is 1.78. The Bertz CT molecular complexity index is 1110. The maximum Gasteiger partial charge on any atom is 0.256 e. The number of thioether (sulfide) groups is 1. The van der Waals surface area contributed by atoms with Crippen molar-refractivity contribution in [3.63, 3.8) is 0 Å². The van der Waals surface area contributed by atoms with Crippen LogP contribution in [0.3, 0.4) is 0 Å². The van der Waals surface area contributed by atoms with Gasteiger partial charge < -0.3 is 15.0 Å². The predicted octanol–water partition coefficient (Wildman–Crippen LogP) is 11.3. The van der Waals surface area contributed by atoms with E-state index in [4.69, 9.17) is 4.74 Å². The van der Waals surface area contributed by atoms with Crippen molar-refractivity contribution < 1.29 is 9.53 Å². The molecule has 1 N–H and O–H groups in total. The van der Waals surface area contributed by atoms with Gasteiger partial charge in [-0.05, 0) is 53.5 Å². The lowest BCUT2D eigenvalue weighted by molar-refractivity contribution is 0.102. The van der Waals surface area contributed by atoms with Gasteiger partial charge in [0.05, 0.1) is 12.5 Å². The van der Waals surface area contributed by atoms with Gasteiger partial charge in [-0.1, -0.05) is 117 Å². The molecule has 3 rings (SSSR count). The van der Waals surface area contributed by atoms with E-state index in [1.807, 2.05) is 48.2 Å². The van der Waals surface area contributed by atoms with Gasteiger partial charge in [-0.15, -0.1) is 28.7 Å². The molecule has 6 heteroatoms. The van der Waals surface area contributed by atoms with Gasteiger partial charge >= 0.3 is 0 Å². The predicted molar refractivity (Wildman–Crippen MR) is 188 cm³/mol. The highest BCUT2D eigenvalue weighted by molar-refractivity contribution is 8.93. The second kappa shape index (κ2) is 19.4. The molecule has 0 spiro atoms. The van der Waals surface area contributed by atoms with Crippen molar-refractivity contribution in [2.45, 2.75) is 124 Å². The minimum atomic E-state index is -0.0951. The minimum Gasteiger partial charge on any atom is -0.493 e. The fourth-order valence-electron chi connectivity index (χ4n) is 5.35. The van der Waals surface area contributed by atoms with E-state index in [-0.39, 0.29) is 28.3 Å². The second-order valence-electron chi connectivity index (χ2n) is 12.6. The molecule has 0 saturated heterocycles. The van der Waals surface area contributed by atoms with Crippen LogP contribution in [0.1, 0.15) is 133 Å². The Labute approximate surface area is 271 Å². The highest BCUT2D eigenvalue weighted by Gasteiger charge is 2.21. The number of hydrogen-bond acceptors (Lipinski definition) is 4. The van der Waals surface area contributed by atoms with E-state index in [9.17, 15) is 4.79 Å². The lowest BCUT2D eigenvalue weighted by Crippen LogP contribution is -2.19. The van der Waals surface area contributed by atoms with Crippen LogP contribution in [0, 0.1) is 0 Å². The van der Waals surface area contributed by atoms with Crippen LogP contribution >= 0.6 is 28.7 Å². The van der Waals surface area contributed by atoms with Gasteiger partial charge in [0, 0.05) is 29.6 Å². The number of ether oxygens (including phenoxy) is 1. The van der Waals surface area contributed by atoms with Gasteiger partial charge in [0.25, 0.3) is 5.91 Å². The fraction of sp³-hybridized carbons (Fsp3) is 0.583. The van der Waals surface area contributed by atoms with E-state index in [0.29, 0.717) is 0 Å². The molecule has 0 radical (unpaired) electrons. The average molecular weight is 660 g/mol. The average Bonchev–Trinajstić information content (AvgIpc) is 3.35. The van der Waals surface area contributed by atoms with E-state index >= 15 is 0 Å². The highest BCUT2D eigenvalue weighted by atomic mass is 79.9. The lowest BCUT2D eigenvalue weighted by Gasteiger charge is -2.24. The smallest absolute Gasteiger partial charge is 0.256 e. The first-order valence-electron chi connectivity index (χ1n) is 16.0. The Kier molecular flexibility index (Phi) is 16.7.